The molecule has 0 aromatic heterocycles. The van der Waals surface area contributed by atoms with Gasteiger partial charge >= 0.3 is 0 Å². The predicted octanol–water partition coefficient (Wildman–Crippen LogP) is 3.27. The Morgan fingerprint density at radius 3 is 2.50 bits per heavy atom. The summed E-state index contributed by atoms with van der Waals surface area (Å²) in [6.07, 6.45) is 0.900. The van der Waals surface area contributed by atoms with E-state index in [1.807, 2.05) is 61.5 Å². The van der Waals surface area contributed by atoms with E-state index in [1.54, 1.807) is 11.8 Å². The Hall–Kier alpha value is -1.98. The molecule has 1 aliphatic rings. The Morgan fingerprint density at radius 2 is 1.83 bits per heavy atom. The summed E-state index contributed by atoms with van der Waals surface area (Å²) < 4.78 is 5.21. The number of amides is 1. The van der Waals surface area contributed by atoms with Gasteiger partial charge < -0.3 is 15.8 Å². The third-order valence-corrected chi connectivity index (χ3v) is 5.73. The van der Waals surface area contributed by atoms with Crippen LogP contribution in [0.5, 0.6) is 11.5 Å². The molecule has 3 rings (SSSR count). The lowest BCUT2D eigenvalue weighted by atomic mass is 9.98. The molecule has 1 fully saturated rings. The normalized spacial score (nSPS) is 24.1. The molecule has 2 aromatic rings. The van der Waals surface area contributed by atoms with E-state index < -0.39 is 4.75 Å². The average molecular weight is 342 g/mol. The van der Waals surface area contributed by atoms with Crippen molar-refractivity contribution in [1.82, 2.24) is 5.32 Å². The minimum Gasteiger partial charge on any atom is -0.457 e. The summed E-state index contributed by atoms with van der Waals surface area (Å²) in [5, 5.41) is 3.06. The van der Waals surface area contributed by atoms with Crippen LogP contribution in [0.4, 0.5) is 0 Å². The minimum atomic E-state index is -0.602. The monoisotopic (exact) mass is 342 g/mol. The molecule has 0 bridgehead atoms. The van der Waals surface area contributed by atoms with E-state index in [0.29, 0.717) is 6.54 Å². The maximum atomic E-state index is 12.7. The van der Waals surface area contributed by atoms with Crippen molar-refractivity contribution in [2.24, 2.45) is 5.73 Å². The highest BCUT2D eigenvalue weighted by atomic mass is 32.2. The smallest absolute Gasteiger partial charge is 0.240 e. The molecule has 2 atom stereocenters. The van der Waals surface area contributed by atoms with Crippen LogP contribution in [0.15, 0.2) is 54.6 Å². The van der Waals surface area contributed by atoms with Gasteiger partial charge in [-0.25, -0.2) is 0 Å². The van der Waals surface area contributed by atoms with Crippen LogP contribution in [0.1, 0.15) is 18.9 Å². The number of nitrogens with two attached hydrogens (primary N) is 1. The van der Waals surface area contributed by atoms with Gasteiger partial charge in [0.1, 0.15) is 16.2 Å². The fraction of sp³-hybridized carbons (Fsp3) is 0.316. The molecule has 0 radical (unpaired) electrons. The van der Waals surface area contributed by atoms with E-state index >= 15 is 0 Å². The van der Waals surface area contributed by atoms with Crippen molar-refractivity contribution < 1.29 is 9.53 Å². The van der Waals surface area contributed by atoms with Gasteiger partial charge in [-0.3, -0.25) is 4.79 Å². The van der Waals surface area contributed by atoms with Crippen LogP contribution in [0.2, 0.25) is 0 Å². The Labute approximate surface area is 146 Å². The summed E-state index contributed by atoms with van der Waals surface area (Å²) in [7, 11) is 0. The van der Waals surface area contributed by atoms with Crippen LogP contribution >= 0.6 is 11.8 Å². The lowest BCUT2D eigenvalue weighted by Crippen LogP contribution is -2.45. The van der Waals surface area contributed by atoms with E-state index in [1.165, 1.54) is 0 Å². The van der Waals surface area contributed by atoms with E-state index in [2.05, 4.69) is 5.32 Å². The molecular formula is C19H22N2O2S. The molecule has 5 heteroatoms. The number of rotatable bonds is 4. The number of hydrogen-bond donors (Lipinski definition) is 2. The van der Waals surface area contributed by atoms with Gasteiger partial charge in [-0.2, -0.15) is 0 Å². The second kappa shape index (κ2) is 7.28. The van der Waals surface area contributed by atoms with Gasteiger partial charge in [0.2, 0.25) is 5.91 Å². The first kappa shape index (κ1) is 16.9. The number of hydrogen-bond acceptors (Lipinski definition) is 4. The highest BCUT2D eigenvalue weighted by Crippen LogP contribution is 2.39. The molecule has 3 N–H and O–H groups in total. The van der Waals surface area contributed by atoms with Crippen molar-refractivity contribution in [2.75, 3.05) is 12.3 Å². The molecule has 0 aliphatic carbocycles. The summed E-state index contributed by atoms with van der Waals surface area (Å²) in [5.74, 6) is 2.48. The Balaban J connectivity index is 1.78. The zero-order chi connectivity index (χ0) is 17.0. The number of carbonyl (C=O) groups is 1. The number of nitrogens with one attached hydrogen (secondary N) is 1. The predicted molar refractivity (Wildman–Crippen MR) is 98.4 cm³/mol. The zero-order valence-corrected chi connectivity index (χ0v) is 14.5. The molecule has 24 heavy (non-hydrogen) atoms. The fourth-order valence-corrected chi connectivity index (χ4v) is 4.03. The molecule has 0 spiro atoms. The van der Waals surface area contributed by atoms with Gasteiger partial charge in [0.05, 0.1) is 0 Å². The molecule has 1 amide bonds. The fourth-order valence-electron chi connectivity index (χ4n) is 2.72. The lowest BCUT2D eigenvalue weighted by molar-refractivity contribution is -0.123. The van der Waals surface area contributed by atoms with Crippen molar-refractivity contribution in [3.8, 4) is 11.5 Å². The van der Waals surface area contributed by atoms with E-state index in [4.69, 9.17) is 10.5 Å². The number of carbonyl (C=O) groups excluding carboxylic acids is 1. The molecule has 0 unspecified atom stereocenters. The molecule has 0 saturated carbocycles. The van der Waals surface area contributed by atoms with E-state index in [9.17, 15) is 4.79 Å². The van der Waals surface area contributed by atoms with Gasteiger partial charge in [0.25, 0.3) is 0 Å². The molecule has 2 aromatic carbocycles. The average Bonchev–Trinajstić information content (AvgIpc) is 2.76. The van der Waals surface area contributed by atoms with Gasteiger partial charge in [0, 0.05) is 12.6 Å². The lowest BCUT2D eigenvalue weighted by Gasteiger charge is -2.27. The summed E-state index contributed by atoms with van der Waals surface area (Å²) in [4.78, 5) is 12.7. The maximum Gasteiger partial charge on any atom is 0.240 e. The second-order valence-electron chi connectivity index (χ2n) is 6.02. The molecular weight excluding hydrogens is 320 g/mol. The van der Waals surface area contributed by atoms with Crippen LogP contribution in [0.25, 0.3) is 0 Å². The van der Waals surface area contributed by atoms with Crippen LogP contribution in [-0.4, -0.2) is 24.2 Å². The van der Waals surface area contributed by atoms with Crippen LogP contribution in [0, 0.1) is 0 Å². The number of ether oxygens (including phenoxy) is 1. The molecule has 1 heterocycles. The van der Waals surface area contributed by atoms with Gasteiger partial charge in [-0.05, 0) is 48.9 Å². The van der Waals surface area contributed by atoms with Crippen molar-refractivity contribution in [3.05, 3.63) is 60.2 Å². The third-order valence-electron chi connectivity index (χ3n) is 4.29. The first-order valence-corrected chi connectivity index (χ1v) is 9.09. The zero-order valence-electron chi connectivity index (χ0n) is 13.7. The highest BCUT2D eigenvalue weighted by molar-refractivity contribution is 8.00. The van der Waals surface area contributed by atoms with Crippen molar-refractivity contribution in [3.63, 3.8) is 0 Å². The van der Waals surface area contributed by atoms with Crippen LogP contribution in [-0.2, 0) is 9.54 Å². The Bertz CT molecular complexity index is 690. The quantitative estimate of drug-likeness (QED) is 0.895. The van der Waals surface area contributed by atoms with Gasteiger partial charge in [-0.1, -0.05) is 30.3 Å². The van der Waals surface area contributed by atoms with Gasteiger partial charge in [0.15, 0.2) is 0 Å². The standard InChI is InChI=1S/C19H22N2O2S/c1-19(18(22)21-15(13-20)11-12-24-19)14-7-9-17(10-8-14)23-16-5-3-2-4-6-16/h2-10,15H,11-13,20H2,1H3,(H,21,22)/t15-,19+/m0/s1. The summed E-state index contributed by atoms with van der Waals surface area (Å²) >= 11 is 1.67. The summed E-state index contributed by atoms with van der Waals surface area (Å²) in [5.41, 5.74) is 6.69. The number of thioether (sulfide) groups is 1. The largest absolute Gasteiger partial charge is 0.457 e. The van der Waals surface area contributed by atoms with Crippen molar-refractivity contribution in [1.29, 1.82) is 0 Å². The van der Waals surface area contributed by atoms with E-state index in [-0.39, 0.29) is 11.9 Å². The van der Waals surface area contributed by atoms with Crippen molar-refractivity contribution >= 4 is 17.7 Å². The first-order chi connectivity index (χ1) is 11.6. The van der Waals surface area contributed by atoms with Crippen LogP contribution < -0.4 is 15.8 Å². The second-order valence-corrected chi connectivity index (χ2v) is 7.53. The first-order valence-electron chi connectivity index (χ1n) is 8.10. The number of benzene rings is 2. The highest BCUT2D eigenvalue weighted by Gasteiger charge is 2.38. The van der Waals surface area contributed by atoms with Gasteiger partial charge in [-0.15, -0.1) is 11.8 Å². The van der Waals surface area contributed by atoms with Crippen LogP contribution in [0.3, 0.4) is 0 Å². The molecule has 1 saturated heterocycles. The Kier molecular flexibility index (Phi) is 5.11. The Morgan fingerprint density at radius 1 is 1.17 bits per heavy atom. The third kappa shape index (κ3) is 3.57. The van der Waals surface area contributed by atoms with E-state index in [0.717, 1.165) is 29.2 Å². The topological polar surface area (TPSA) is 64.3 Å². The summed E-state index contributed by atoms with van der Waals surface area (Å²) in [6.45, 7) is 2.45. The number of para-hydroxylation sites is 1. The molecule has 4 nitrogen and oxygen atoms in total. The molecule has 1 aliphatic heterocycles. The van der Waals surface area contributed by atoms with Crippen molar-refractivity contribution in [2.45, 2.75) is 24.1 Å². The SMILES string of the molecule is C[C@]1(c2ccc(Oc3ccccc3)cc2)SCC[C@@H](CN)NC1=O. The molecule has 126 valence electrons. The maximum absolute atomic E-state index is 12.7. The minimum absolute atomic E-state index is 0.0252. The summed E-state index contributed by atoms with van der Waals surface area (Å²) in [6, 6.07) is 17.5.